The summed E-state index contributed by atoms with van der Waals surface area (Å²) in [6.07, 6.45) is 2.69. The molecule has 2 N–H and O–H groups in total. The number of rotatable bonds is 7. The zero-order valence-electron chi connectivity index (χ0n) is 15.8. The number of benzene rings is 1. The van der Waals surface area contributed by atoms with Crippen molar-refractivity contribution in [2.75, 3.05) is 51.2 Å². The Labute approximate surface area is 160 Å². The molecule has 0 amide bonds. The van der Waals surface area contributed by atoms with Crippen LogP contribution in [0.1, 0.15) is 12.2 Å². The van der Waals surface area contributed by atoms with Crippen molar-refractivity contribution in [2.45, 2.75) is 13.0 Å². The van der Waals surface area contributed by atoms with Gasteiger partial charge in [-0.2, -0.15) is 0 Å². The molecule has 1 aromatic carbocycles. The van der Waals surface area contributed by atoms with Gasteiger partial charge >= 0.3 is 0 Å². The Hall–Kier alpha value is -2.54. The van der Waals surface area contributed by atoms with Gasteiger partial charge < -0.3 is 20.0 Å². The number of piperazine rings is 1. The maximum atomic E-state index is 13.9. The van der Waals surface area contributed by atoms with E-state index in [2.05, 4.69) is 25.4 Å². The van der Waals surface area contributed by atoms with Gasteiger partial charge in [0.15, 0.2) is 5.96 Å². The number of guanidine groups is 1. The minimum absolute atomic E-state index is 0.136. The largest absolute Gasteiger partial charge is 0.467 e. The lowest BCUT2D eigenvalue weighted by Crippen LogP contribution is -2.47. The molecule has 3 rings (SSSR count). The summed E-state index contributed by atoms with van der Waals surface area (Å²) in [6, 6.07) is 10.8. The first kappa shape index (κ1) is 19.2. The summed E-state index contributed by atoms with van der Waals surface area (Å²) >= 11 is 0. The molecule has 1 aliphatic rings. The van der Waals surface area contributed by atoms with E-state index in [4.69, 9.17) is 4.42 Å². The number of nitrogens with one attached hydrogen (secondary N) is 2. The van der Waals surface area contributed by atoms with Crippen molar-refractivity contribution in [3.8, 4) is 0 Å². The fraction of sp³-hybridized carbons (Fsp3) is 0.450. The van der Waals surface area contributed by atoms with Gasteiger partial charge in [0, 0.05) is 39.8 Å². The summed E-state index contributed by atoms with van der Waals surface area (Å²) < 4.78 is 19.2. The molecule has 0 bridgehead atoms. The van der Waals surface area contributed by atoms with E-state index >= 15 is 0 Å². The molecule has 1 aliphatic heterocycles. The van der Waals surface area contributed by atoms with Crippen LogP contribution in [0.2, 0.25) is 0 Å². The van der Waals surface area contributed by atoms with E-state index in [0.717, 1.165) is 57.4 Å². The average Bonchev–Trinajstić information content (AvgIpc) is 3.22. The summed E-state index contributed by atoms with van der Waals surface area (Å²) in [5, 5.41) is 6.55. The highest BCUT2D eigenvalue weighted by Gasteiger charge is 2.18. The maximum absolute atomic E-state index is 13.9. The van der Waals surface area contributed by atoms with E-state index in [1.165, 1.54) is 6.07 Å². The Balaban J connectivity index is 1.31. The molecule has 7 heteroatoms. The van der Waals surface area contributed by atoms with E-state index < -0.39 is 0 Å². The Morgan fingerprint density at radius 3 is 2.63 bits per heavy atom. The molecule has 0 saturated carbocycles. The normalized spacial score (nSPS) is 15.8. The molecule has 0 aliphatic carbocycles. The molecule has 1 saturated heterocycles. The zero-order chi connectivity index (χ0) is 18.9. The lowest BCUT2D eigenvalue weighted by molar-refractivity contribution is 0.254. The van der Waals surface area contributed by atoms with Gasteiger partial charge in [-0.05, 0) is 37.2 Å². The third-order valence-electron chi connectivity index (χ3n) is 4.74. The molecule has 1 fully saturated rings. The monoisotopic (exact) mass is 373 g/mol. The van der Waals surface area contributed by atoms with E-state index in [1.54, 1.807) is 19.4 Å². The highest BCUT2D eigenvalue weighted by molar-refractivity contribution is 5.79. The zero-order valence-corrected chi connectivity index (χ0v) is 15.8. The van der Waals surface area contributed by atoms with Gasteiger partial charge in [-0.25, -0.2) is 4.39 Å². The van der Waals surface area contributed by atoms with Gasteiger partial charge in [-0.1, -0.05) is 12.1 Å². The van der Waals surface area contributed by atoms with Crippen molar-refractivity contribution in [3.63, 3.8) is 0 Å². The van der Waals surface area contributed by atoms with Crippen LogP contribution in [0, 0.1) is 5.82 Å². The van der Waals surface area contributed by atoms with Crippen LogP contribution >= 0.6 is 0 Å². The molecule has 2 aromatic rings. The second-order valence-corrected chi connectivity index (χ2v) is 6.57. The highest BCUT2D eigenvalue weighted by atomic mass is 19.1. The number of anilines is 1. The first-order valence-corrected chi connectivity index (χ1v) is 9.45. The smallest absolute Gasteiger partial charge is 0.191 e. The summed E-state index contributed by atoms with van der Waals surface area (Å²) in [4.78, 5) is 8.78. The van der Waals surface area contributed by atoms with Crippen LogP contribution in [0.15, 0.2) is 52.1 Å². The number of aliphatic imine (C=N–C) groups is 1. The third-order valence-corrected chi connectivity index (χ3v) is 4.74. The summed E-state index contributed by atoms with van der Waals surface area (Å²) in [5.41, 5.74) is 0.713. The van der Waals surface area contributed by atoms with Gasteiger partial charge in [-0.3, -0.25) is 9.89 Å². The lowest BCUT2D eigenvalue weighted by atomic mass is 10.2. The molecule has 0 unspecified atom stereocenters. The molecular formula is C20H28FN5O. The summed E-state index contributed by atoms with van der Waals surface area (Å²) in [5.74, 6) is 1.52. The van der Waals surface area contributed by atoms with Crippen LogP contribution in [-0.4, -0.2) is 57.2 Å². The van der Waals surface area contributed by atoms with Gasteiger partial charge in [0.1, 0.15) is 11.6 Å². The summed E-state index contributed by atoms with van der Waals surface area (Å²) in [7, 11) is 1.76. The fourth-order valence-electron chi connectivity index (χ4n) is 3.23. The molecule has 146 valence electrons. The van der Waals surface area contributed by atoms with Crippen molar-refractivity contribution < 1.29 is 8.81 Å². The van der Waals surface area contributed by atoms with Crippen LogP contribution in [0.25, 0.3) is 0 Å². The van der Waals surface area contributed by atoms with Crippen LogP contribution in [0.5, 0.6) is 0 Å². The molecule has 0 spiro atoms. The van der Waals surface area contributed by atoms with Gasteiger partial charge in [0.25, 0.3) is 0 Å². The molecule has 0 atom stereocenters. The van der Waals surface area contributed by atoms with E-state index in [1.807, 2.05) is 24.3 Å². The molecule has 1 aromatic heterocycles. The number of hydrogen-bond acceptors (Lipinski definition) is 4. The minimum Gasteiger partial charge on any atom is -0.467 e. The molecule has 0 radical (unpaired) electrons. The van der Waals surface area contributed by atoms with Crippen molar-refractivity contribution in [1.82, 2.24) is 15.5 Å². The number of halogens is 1. The Morgan fingerprint density at radius 1 is 1.11 bits per heavy atom. The van der Waals surface area contributed by atoms with Gasteiger partial charge in [-0.15, -0.1) is 0 Å². The molecule has 2 heterocycles. The molecular weight excluding hydrogens is 345 g/mol. The van der Waals surface area contributed by atoms with Crippen molar-refractivity contribution in [3.05, 3.63) is 54.2 Å². The second-order valence-electron chi connectivity index (χ2n) is 6.57. The van der Waals surface area contributed by atoms with Crippen LogP contribution in [0.4, 0.5) is 10.1 Å². The maximum Gasteiger partial charge on any atom is 0.191 e. The first-order valence-electron chi connectivity index (χ1n) is 9.45. The van der Waals surface area contributed by atoms with Crippen molar-refractivity contribution in [1.29, 1.82) is 0 Å². The van der Waals surface area contributed by atoms with E-state index in [-0.39, 0.29) is 5.82 Å². The average molecular weight is 373 g/mol. The minimum atomic E-state index is -0.136. The quantitative estimate of drug-likeness (QED) is 0.443. The van der Waals surface area contributed by atoms with E-state index in [9.17, 15) is 4.39 Å². The summed E-state index contributed by atoms with van der Waals surface area (Å²) in [6.45, 7) is 6.13. The number of hydrogen-bond donors (Lipinski definition) is 2. The Morgan fingerprint density at radius 2 is 1.93 bits per heavy atom. The second kappa shape index (κ2) is 9.97. The Kier molecular flexibility index (Phi) is 7.10. The SMILES string of the molecule is CN=C(NCCCN1CCN(c2ccccc2F)CC1)NCc1ccco1. The molecule has 27 heavy (non-hydrogen) atoms. The van der Waals surface area contributed by atoms with Crippen LogP contribution in [0.3, 0.4) is 0 Å². The van der Waals surface area contributed by atoms with Crippen LogP contribution in [-0.2, 0) is 6.54 Å². The van der Waals surface area contributed by atoms with E-state index in [0.29, 0.717) is 12.2 Å². The van der Waals surface area contributed by atoms with Crippen molar-refractivity contribution >= 4 is 11.6 Å². The first-order chi connectivity index (χ1) is 13.3. The lowest BCUT2D eigenvalue weighted by Gasteiger charge is -2.36. The predicted molar refractivity (Wildman–Crippen MR) is 107 cm³/mol. The topological polar surface area (TPSA) is 56.0 Å². The third kappa shape index (κ3) is 5.72. The Bertz CT molecular complexity index is 711. The van der Waals surface area contributed by atoms with Crippen molar-refractivity contribution in [2.24, 2.45) is 4.99 Å². The predicted octanol–water partition coefficient (Wildman–Crippen LogP) is 2.30. The highest BCUT2D eigenvalue weighted by Crippen LogP contribution is 2.20. The number of furan rings is 1. The standard InChI is InChI=1S/C20H28FN5O/c1-22-20(24-16-17-6-4-15-27-17)23-9-5-10-25-11-13-26(14-12-25)19-8-3-2-7-18(19)21/h2-4,6-8,15H,5,9-14,16H2,1H3,(H2,22,23,24). The number of para-hydroxylation sites is 1. The van der Waals surface area contributed by atoms with Crippen LogP contribution < -0.4 is 15.5 Å². The fourth-order valence-corrected chi connectivity index (χ4v) is 3.23. The van der Waals surface area contributed by atoms with Gasteiger partial charge in [0.05, 0.1) is 18.5 Å². The number of nitrogens with zero attached hydrogens (tertiary/aromatic N) is 3. The molecule has 6 nitrogen and oxygen atoms in total. The van der Waals surface area contributed by atoms with Gasteiger partial charge in [0.2, 0.25) is 0 Å².